The Labute approximate surface area is 122 Å². The van der Waals surface area contributed by atoms with Gasteiger partial charge in [0.05, 0.1) is 0 Å². The van der Waals surface area contributed by atoms with Gasteiger partial charge >= 0.3 is 0 Å². The Morgan fingerprint density at radius 2 is 1.70 bits per heavy atom. The van der Waals surface area contributed by atoms with Crippen molar-refractivity contribution in [3.63, 3.8) is 0 Å². The van der Waals surface area contributed by atoms with Crippen LogP contribution in [0, 0.1) is 0 Å². The fourth-order valence-corrected chi connectivity index (χ4v) is 2.26. The second-order valence-corrected chi connectivity index (χ2v) is 5.87. The van der Waals surface area contributed by atoms with Crippen molar-refractivity contribution in [2.75, 3.05) is 6.54 Å². The summed E-state index contributed by atoms with van der Waals surface area (Å²) in [6.45, 7) is 5.52. The summed E-state index contributed by atoms with van der Waals surface area (Å²) in [6.07, 6.45) is 5.09. The molecule has 1 heterocycles. The molecule has 2 nitrogen and oxygen atoms in total. The van der Waals surface area contributed by atoms with E-state index in [4.69, 9.17) is 0 Å². The van der Waals surface area contributed by atoms with Crippen LogP contribution in [0.3, 0.4) is 0 Å². The second-order valence-electron chi connectivity index (χ2n) is 5.87. The molecule has 0 amide bonds. The van der Waals surface area contributed by atoms with Crippen LogP contribution in [-0.2, 0) is 12.8 Å². The molecule has 0 atom stereocenters. The maximum atomic E-state index is 4.35. The largest absolute Gasteiger partial charge is 0.311 e. The highest BCUT2D eigenvalue weighted by Gasteiger charge is 2.16. The fraction of sp³-hybridized carbons (Fsp3) is 0.389. The van der Waals surface area contributed by atoms with Gasteiger partial charge in [-0.2, -0.15) is 0 Å². The maximum Gasteiger partial charge on any atom is 0.0416 e. The minimum absolute atomic E-state index is 0.157. The van der Waals surface area contributed by atoms with Crippen LogP contribution in [0.25, 0.3) is 0 Å². The number of pyridine rings is 1. The number of hydrogen-bond acceptors (Lipinski definition) is 2. The molecule has 0 aliphatic rings. The highest BCUT2D eigenvalue weighted by atomic mass is 14.9. The van der Waals surface area contributed by atoms with Crippen LogP contribution in [-0.4, -0.2) is 17.1 Å². The van der Waals surface area contributed by atoms with E-state index in [1.165, 1.54) is 5.56 Å². The summed E-state index contributed by atoms with van der Waals surface area (Å²) in [4.78, 5) is 4.35. The molecule has 0 bridgehead atoms. The third kappa shape index (κ3) is 5.14. The minimum Gasteiger partial charge on any atom is -0.311 e. The SMILES string of the molecule is CC(C)(CCc1ccccc1)NCCc1ccccn1. The standard InChI is InChI=1S/C18H24N2/c1-18(2,13-11-16-8-4-3-5-9-16)20-15-12-17-10-6-7-14-19-17/h3-10,14,20H,11-13,15H2,1-2H3. The van der Waals surface area contributed by atoms with E-state index in [0.29, 0.717) is 0 Å². The lowest BCUT2D eigenvalue weighted by Crippen LogP contribution is -2.40. The van der Waals surface area contributed by atoms with Gasteiger partial charge in [-0.1, -0.05) is 36.4 Å². The zero-order chi connectivity index (χ0) is 14.3. The normalized spacial score (nSPS) is 11.5. The molecule has 2 heteroatoms. The quantitative estimate of drug-likeness (QED) is 0.829. The smallest absolute Gasteiger partial charge is 0.0416 e. The van der Waals surface area contributed by atoms with Gasteiger partial charge in [-0.3, -0.25) is 4.98 Å². The first-order chi connectivity index (χ1) is 9.66. The third-order valence-electron chi connectivity index (χ3n) is 3.59. The van der Waals surface area contributed by atoms with E-state index in [9.17, 15) is 0 Å². The summed E-state index contributed by atoms with van der Waals surface area (Å²) in [7, 11) is 0. The van der Waals surface area contributed by atoms with Crippen molar-refractivity contribution in [3.8, 4) is 0 Å². The number of benzene rings is 1. The van der Waals surface area contributed by atoms with E-state index in [-0.39, 0.29) is 5.54 Å². The fourth-order valence-electron chi connectivity index (χ4n) is 2.26. The molecule has 0 radical (unpaired) electrons. The first kappa shape index (κ1) is 14.7. The summed E-state index contributed by atoms with van der Waals surface area (Å²) >= 11 is 0. The number of aromatic nitrogens is 1. The van der Waals surface area contributed by atoms with E-state index in [1.54, 1.807) is 0 Å². The Kier molecular flexibility index (Phi) is 5.31. The highest BCUT2D eigenvalue weighted by molar-refractivity contribution is 5.15. The molecule has 1 aromatic carbocycles. The zero-order valence-electron chi connectivity index (χ0n) is 12.5. The number of hydrogen-bond donors (Lipinski definition) is 1. The van der Waals surface area contributed by atoms with Crippen LogP contribution >= 0.6 is 0 Å². The van der Waals surface area contributed by atoms with Gasteiger partial charge < -0.3 is 5.32 Å². The van der Waals surface area contributed by atoms with Crippen LogP contribution in [0.1, 0.15) is 31.5 Å². The predicted molar refractivity (Wildman–Crippen MR) is 84.8 cm³/mol. The molecule has 1 N–H and O–H groups in total. The molecule has 0 saturated carbocycles. The molecule has 106 valence electrons. The first-order valence-electron chi connectivity index (χ1n) is 7.35. The van der Waals surface area contributed by atoms with Gasteiger partial charge in [0.1, 0.15) is 0 Å². The van der Waals surface area contributed by atoms with Gasteiger partial charge in [-0.25, -0.2) is 0 Å². The second kappa shape index (κ2) is 7.20. The van der Waals surface area contributed by atoms with Gasteiger partial charge in [0.25, 0.3) is 0 Å². The molecule has 0 fully saturated rings. The van der Waals surface area contributed by atoms with Gasteiger partial charge in [0.2, 0.25) is 0 Å². The molecule has 0 aliphatic carbocycles. The van der Waals surface area contributed by atoms with Crippen LogP contribution < -0.4 is 5.32 Å². The topological polar surface area (TPSA) is 24.9 Å². The van der Waals surface area contributed by atoms with Gasteiger partial charge in [-0.15, -0.1) is 0 Å². The van der Waals surface area contributed by atoms with Crippen molar-refractivity contribution in [3.05, 3.63) is 66.0 Å². The lowest BCUT2D eigenvalue weighted by molar-refractivity contribution is 0.365. The molecule has 0 spiro atoms. The summed E-state index contributed by atoms with van der Waals surface area (Å²) in [5.41, 5.74) is 2.72. The Hall–Kier alpha value is -1.67. The monoisotopic (exact) mass is 268 g/mol. The number of rotatable bonds is 7. The molecule has 0 unspecified atom stereocenters. The van der Waals surface area contributed by atoms with E-state index in [1.807, 2.05) is 18.3 Å². The highest BCUT2D eigenvalue weighted by Crippen LogP contribution is 2.13. The molecule has 0 aliphatic heterocycles. The molecule has 1 aromatic heterocycles. The predicted octanol–water partition coefficient (Wildman–Crippen LogP) is 3.63. The van der Waals surface area contributed by atoms with E-state index in [2.05, 4.69) is 60.5 Å². The van der Waals surface area contributed by atoms with E-state index < -0.39 is 0 Å². The summed E-state index contributed by atoms with van der Waals surface area (Å²) in [6, 6.07) is 16.8. The maximum absolute atomic E-state index is 4.35. The number of nitrogens with zero attached hydrogens (tertiary/aromatic N) is 1. The molecular weight excluding hydrogens is 244 g/mol. The molecule has 0 saturated heterocycles. The van der Waals surface area contributed by atoms with Crippen molar-refractivity contribution in [1.29, 1.82) is 0 Å². The van der Waals surface area contributed by atoms with Gasteiger partial charge in [-0.05, 0) is 44.4 Å². The van der Waals surface area contributed by atoms with Gasteiger partial charge in [0, 0.05) is 30.4 Å². The molecule has 2 aromatic rings. The lowest BCUT2D eigenvalue weighted by Gasteiger charge is -2.26. The van der Waals surface area contributed by atoms with Crippen LogP contribution in [0.4, 0.5) is 0 Å². The summed E-state index contributed by atoms with van der Waals surface area (Å²) in [5, 5.41) is 3.64. The van der Waals surface area contributed by atoms with Gasteiger partial charge in [0.15, 0.2) is 0 Å². The summed E-state index contributed by atoms with van der Waals surface area (Å²) < 4.78 is 0. The number of nitrogens with one attached hydrogen (secondary N) is 1. The molecule has 20 heavy (non-hydrogen) atoms. The van der Waals surface area contributed by atoms with E-state index >= 15 is 0 Å². The van der Waals surface area contributed by atoms with Crippen LogP contribution in [0.15, 0.2) is 54.7 Å². The van der Waals surface area contributed by atoms with Crippen molar-refractivity contribution in [1.82, 2.24) is 10.3 Å². The minimum atomic E-state index is 0.157. The third-order valence-corrected chi connectivity index (χ3v) is 3.59. The molecule has 2 rings (SSSR count). The van der Waals surface area contributed by atoms with Crippen LogP contribution in [0.5, 0.6) is 0 Å². The van der Waals surface area contributed by atoms with E-state index in [0.717, 1.165) is 31.5 Å². The van der Waals surface area contributed by atoms with Crippen molar-refractivity contribution in [2.24, 2.45) is 0 Å². The first-order valence-corrected chi connectivity index (χ1v) is 7.35. The molecular formula is C18H24N2. The summed E-state index contributed by atoms with van der Waals surface area (Å²) in [5.74, 6) is 0. The Morgan fingerprint density at radius 1 is 0.950 bits per heavy atom. The van der Waals surface area contributed by atoms with Crippen molar-refractivity contribution in [2.45, 2.75) is 38.6 Å². The van der Waals surface area contributed by atoms with Crippen molar-refractivity contribution < 1.29 is 0 Å². The van der Waals surface area contributed by atoms with Crippen molar-refractivity contribution >= 4 is 0 Å². The average Bonchev–Trinajstić information content (AvgIpc) is 2.47. The lowest BCUT2D eigenvalue weighted by atomic mass is 9.95. The Morgan fingerprint density at radius 3 is 2.40 bits per heavy atom. The average molecular weight is 268 g/mol. The Balaban J connectivity index is 1.73. The Bertz CT molecular complexity index is 491. The zero-order valence-corrected chi connectivity index (χ0v) is 12.5. The number of aryl methyl sites for hydroxylation is 1. The van der Waals surface area contributed by atoms with Crippen LogP contribution in [0.2, 0.25) is 0 Å².